The van der Waals surface area contributed by atoms with E-state index in [1.54, 1.807) is 0 Å². The van der Waals surface area contributed by atoms with Crippen LogP contribution in [0.5, 0.6) is 5.75 Å². The fourth-order valence-corrected chi connectivity index (χ4v) is 1.10. The SMILES string of the molecule is Cl.N[C@H](CF)c1cccc(OC(F)(F)C(F)F)c1. The van der Waals surface area contributed by atoms with Gasteiger partial charge in [-0.15, -0.1) is 12.4 Å². The van der Waals surface area contributed by atoms with Crippen molar-refractivity contribution in [2.45, 2.75) is 18.6 Å². The Labute approximate surface area is 106 Å². The zero-order valence-corrected chi connectivity index (χ0v) is 9.77. The van der Waals surface area contributed by atoms with Crippen LogP contribution in [0.1, 0.15) is 11.6 Å². The fourth-order valence-electron chi connectivity index (χ4n) is 1.10. The van der Waals surface area contributed by atoms with Crippen LogP contribution in [0.15, 0.2) is 24.3 Å². The highest BCUT2D eigenvalue weighted by Gasteiger charge is 2.43. The molecule has 0 amide bonds. The lowest BCUT2D eigenvalue weighted by atomic mass is 10.1. The highest BCUT2D eigenvalue weighted by molar-refractivity contribution is 5.85. The van der Waals surface area contributed by atoms with Gasteiger partial charge in [-0.2, -0.15) is 17.6 Å². The maximum Gasteiger partial charge on any atom is 0.461 e. The first-order valence-electron chi connectivity index (χ1n) is 4.63. The maximum atomic E-state index is 12.6. The molecule has 0 bridgehead atoms. The molecule has 0 unspecified atom stereocenters. The quantitative estimate of drug-likeness (QED) is 0.845. The average Bonchev–Trinajstić information content (AvgIpc) is 2.27. The Bertz CT molecular complexity index is 377. The van der Waals surface area contributed by atoms with Crippen LogP contribution in [0.2, 0.25) is 0 Å². The monoisotopic (exact) mass is 291 g/mol. The second kappa shape index (κ2) is 6.75. The van der Waals surface area contributed by atoms with Crippen molar-refractivity contribution < 1.29 is 26.7 Å². The van der Waals surface area contributed by atoms with Crippen molar-refractivity contribution in [3.63, 3.8) is 0 Å². The second-order valence-electron chi connectivity index (χ2n) is 3.30. The van der Waals surface area contributed by atoms with Crippen molar-refractivity contribution in [1.29, 1.82) is 0 Å². The summed E-state index contributed by atoms with van der Waals surface area (Å²) in [6.07, 6.45) is -8.53. The zero-order valence-electron chi connectivity index (χ0n) is 8.95. The summed E-state index contributed by atoms with van der Waals surface area (Å²) in [6.45, 7) is -0.894. The van der Waals surface area contributed by atoms with Gasteiger partial charge in [0.2, 0.25) is 0 Å². The maximum absolute atomic E-state index is 12.6. The molecule has 104 valence electrons. The van der Waals surface area contributed by atoms with Crippen LogP contribution in [0, 0.1) is 0 Å². The van der Waals surface area contributed by atoms with Crippen molar-refractivity contribution in [3.8, 4) is 5.75 Å². The molecule has 1 atom stereocenters. The number of ether oxygens (including phenoxy) is 1. The Balaban J connectivity index is 0.00000289. The van der Waals surface area contributed by atoms with Gasteiger partial charge in [0, 0.05) is 0 Å². The summed E-state index contributed by atoms with van der Waals surface area (Å²) < 4.78 is 64.9. The summed E-state index contributed by atoms with van der Waals surface area (Å²) in [7, 11) is 0. The van der Waals surface area contributed by atoms with Gasteiger partial charge in [0.15, 0.2) is 0 Å². The van der Waals surface area contributed by atoms with E-state index in [4.69, 9.17) is 5.73 Å². The van der Waals surface area contributed by atoms with Crippen molar-refractivity contribution >= 4 is 12.4 Å². The van der Waals surface area contributed by atoms with Gasteiger partial charge in [0.1, 0.15) is 12.4 Å². The van der Waals surface area contributed by atoms with E-state index in [0.29, 0.717) is 0 Å². The molecule has 8 heteroatoms. The van der Waals surface area contributed by atoms with E-state index in [1.807, 2.05) is 0 Å². The van der Waals surface area contributed by atoms with Crippen LogP contribution in [-0.4, -0.2) is 19.2 Å². The highest BCUT2D eigenvalue weighted by Crippen LogP contribution is 2.28. The summed E-state index contributed by atoms with van der Waals surface area (Å²) in [6, 6.07) is 3.71. The molecule has 2 N–H and O–H groups in total. The first-order chi connectivity index (χ1) is 7.86. The third-order valence-corrected chi connectivity index (χ3v) is 1.96. The van der Waals surface area contributed by atoms with Crippen LogP contribution in [0.3, 0.4) is 0 Å². The average molecular weight is 292 g/mol. The molecule has 0 aromatic heterocycles. The topological polar surface area (TPSA) is 35.2 Å². The van der Waals surface area contributed by atoms with Crippen LogP contribution in [-0.2, 0) is 0 Å². The summed E-state index contributed by atoms with van der Waals surface area (Å²) in [5.74, 6) is -0.489. The first kappa shape index (κ1) is 16.9. The number of hydrogen-bond acceptors (Lipinski definition) is 2. The molecule has 0 aliphatic rings. The smallest absolute Gasteiger partial charge is 0.428 e. The van der Waals surface area contributed by atoms with Crippen molar-refractivity contribution in [3.05, 3.63) is 29.8 Å². The minimum absolute atomic E-state index is 0. The number of rotatable bonds is 5. The van der Waals surface area contributed by atoms with Gasteiger partial charge in [-0.1, -0.05) is 12.1 Å². The van der Waals surface area contributed by atoms with Gasteiger partial charge in [-0.3, -0.25) is 0 Å². The molecule has 0 aliphatic carbocycles. The Kier molecular flexibility index (Phi) is 6.34. The van der Waals surface area contributed by atoms with E-state index >= 15 is 0 Å². The Morgan fingerprint density at radius 1 is 1.28 bits per heavy atom. The minimum atomic E-state index is -4.58. The van der Waals surface area contributed by atoms with E-state index in [0.717, 1.165) is 12.1 Å². The number of hydrogen-bond donors (Lipinski definition) is 1. The number of nitrogens with two attached hydrogens (primary N) is 1. The van der Waals surface area contributed by atoms with Crippen LogP contribution < -0.4 is 10.5 Å². The predicted octanol–water partition coefficient (Wildman–Crippen LogP) is 3.31. The summed E-state index contributed by atoms with van der Waals surface area (Å²) in [4.78, 5) is 0. The van der Waals surface area contributed by atoms with E-state index in [9.17, 15) is 22.0 Å². The molecule has 0 heterocycles. The summed E-state index contributed by atoms with van der Waals surface area (Å²) in [5.41, 5.74) is 5.51. The van der Waals surface area contributed by atoms with Crippen molar-refractivity contribution in [2.24, 2.45) is 5.73 Å². The molecule has 18 heavy (non-hydrogen) atoms. The third kappa shape index (κ3) is 4.30. The highest BCUT2D eigenvalue weighted by atomic mass is 35.5. The molecule has 1 aromatic rings. The lowest BCUT2D eigenvalue weighted by Gasteiger charge is -2.17. The second-order valence-corrected chi connectivity index (χ2v) is 3.30. The summed E-state index contributed by atoms with van der Waals surface area (Å²) >= 11 is 0. The van der Waals surface area contributed by atoms with Gasteiger partial charge in [-0.05, 0) is 17.7 Å². The molecule has 0 saturated carbocycles. The van der Waals surface area contributed by atoms with Gasteiger partial charge in [0.25, 0.3) is 0 Å². The first-order valence-corrected chi connectivity index (χ1v) is 4.63. The molecule has 0 spiro atoms. The van der Waals surface area contributed by atoms with Crippen LogP contribution in [0.25, 0.3) is 0 Å². The summed E-state index contributed by atoms with van der Waals surface area (Å²) in [5, 5.41) is 0. The minimum Gasteiger partial charge on any atom is -0.428 e. The largest absolute Gasteiger partial charge is 0.461 e. The van der Waals surface area contributed by atoms with Gasteiger partial charge >= 0.3 is 12.5 Å². The lowest BCUT2D eigenvalue weighted by Crippen LogP contribution is -2.33. The number of alkyl halides is 5. The molecule has 1 aromatic carbocycles. The predicted molar refractivity (Wildman–Crippen MR) is 58.2 cm³/mol. The van der Waals surface area contributed by atoms with Crippen LogP contribution >= 0.6 is 12.4 Å². The molecule has 0 aliphatic heterocycles. The Hall–Kier alpha value is -1.08. The normalized spacial score (nSPS) is 13.1. The number of benzene rings is 1. The molecular weight excluding hydrogens is 281 g/mol. The Morgan fingerprint density at radius 2 is 1.89 bits per heavy atom. The fraction of sp³-hybridized carbons (Fsp3) is 0.400. The zero-order chi connectivity index (χ0) is 13.1. The Morgan fingerprint density at radius 3 is 2.39 bits per heavy atom. The molecule has 2 nitrogen and oxygen atoms in total. The van der Waals surface area contributed by atoms with E-state index < -0.39 is 31.0 Å². The molecule has 0 saturated heterocycles. The van der Waals surface area contributed by atoms with E-state index in [1.165, 1.54) is 12.1 Å². The lowest BCUT2D eigenvalue weighted by molar-refractivity contribution is -0.253. The van der Waals surface area contributed by atoms with Crippen LogP contribution in [0.4, 0.5) is 22.0 Å². The third-order valence-electron chi connectivity index (χ3n) is 1.96. The van der Waals surface area contributed by atoms with E-state index in [-0.39, 0.29) is 18.0 Å². The van der Waals surface area contributed by atoms with Crippen molar-refractivity contribution in [2.75, 3.05) is 6.67 Å². The molecule has 0 fully saturated rings. The molecule has 1 rings (SSSR count). The van der Waals surface area contributed by atoms with Gasteiger partial charge < -0.3 is 10.5 Å². The molecule has 0 radical (unpaired) electrons. The van der Waals surface area contributed by atoms with Crippen molar-refractivity contribution in [1.82, 2.24) is 0 Å². The number of halogens is 6. The van der Waals surface area contributed by atoms with E-state index in [2.05, 4.69) is 4.74 Å². The molecular formula is C10H11ClF5NO. The van der Waals surface area contributed by atoms with Gasteiger partial charge in [-0.25, -0.2) is 4.39 Å². The standard InChI is InChI=1S/C10H10F5NO.ClH/c11-5-8(16)6-2-1-3-7(4-6)17-10(14,15)9(12)13;/h1-4,8-9H,5,16H2;1H/t8-;/m1./s1. The van der Waals surface area contributed by atoms with Gasteiger partial charge in [0.05, 0.1) is 6.04 Å².